The van der Waals surface area contributed by atoms with Crippen LogP contribution in [-0.4, -0.2) is 17.3 Å². The molecule has 4 heteroatoms. The van der Waals surface area contributed by atoms with Gasteiger partial charge in [-0.1, -0.05) is 0 Å². The second kappa shape index (κ2) is 6.10. The SMILES string of the molecule is O=C(CCc1ccco1)NC1CCC(Cl)CC1. The molecule has 1 heterocycles. The summed E-state index contributed by atoms with van der Waals surface area (Å²) >= 11 is 6.02. The number of furan rings is 1. The zero-order chi connectivity index (χ0) is 12.1. The molecule has 0 radical (unpaired) electrons. The normalized spacial score (nSPS) is 24.5. The molecule has 2 rings (SSSR count). The van der Waals surface area contributed by atoms with Gasteiger partial charge in [0.25, 0.3) is 0 Å². The van der Waals surface area contributed by atoms with Crippen molar-refractivity contribution in [3.8, 4) is 0 Å². The summed E-state index contributed by atoms with van der Waals surface area (Å²) in [7, 11) is 0. The van der Waals surface area contributed by atoms with E-state index in [2.05, 4.69) is 5.32 Å². The fraction of sp³-hybridized carbons (Fsp3) is 0.615. The average molecular weight is 256 g/mol. The van der Waals surface area contributed by atoms with Crippen LogP contribution in [0.4, 0.5) is 0 Å². The fourth-order valence-electron chi connectivity index (χ4n) is 2.19. The zero-order valence-corrected chi connectivity index (χ0v) is 10.6. The highest BCUT2D eigenvalue weighted by atomic mass is 35.5. The predicted octanol–water partition coefficient (Wildman–Crippen LogP) is 2.88. The lowest BCUT2D eigenvalue weighted by Gasteiger charge is -2.25. The molecule has 1 aliphatic rings. The predicted molar refractivity (Wildman–Crippen MR) is 67.1 cm³/mol. The Morgan fingerprint density at radius 2 is 2.18 bits per heavy atom. The summed E-state index contributed by atoms with van der Waals surface area (Å²) in [5, 5.41) is 3.36. The number of amides is 1. The Bertz CT molecular complexity index is 342. The van der Waals surface area contributed by atoms with Crippen molar-refractivity contribution in [3.05, 3.63) is 24.2 Å². The summed E-state index contributed by atoms with van der Waals surface area (Å²) in [6, 6.07) is 4.05. The lowest BCUT2D eigenvalue weighted by molar-refractivity contribution is -0.122. The van der Waals surface area contributed by atoms with Gasteiger partial charge in [0.1, 0.15) is 5.76 Å². The Hall–Kier alpha value is -0.960. The third-order valence-electron chi connectivity index (χ3n) is 3.20. The highest BCUT2D eigenvalue weighted by Gasteiger charge is 2.20. The van der Waals surface area contributed by atoms with Gasteiger partial charge in [-0.3, -0.25) is 4.79 Å². The van der Waals surface area contributed by atoms with Crippen molar-refractivity contribution in [1.29, 1.82) is 0 Å². The third kappa shape index (κ3) is 4.08. The van der Waals surface area contributed by atoms with Crippen molar-refractivity contribution in [2.75, 3.05) is 0 Å². The van der Waals surface area contributed by atoms with Gasteiger partial charge in [0, 0.05) is 24.3 Å². The van der Waals surface area contributed by atoms with Crippen molar-refractivity contribution in [1.82, 2.24) is 5.32 Å². The number of alkyl halides is 1. The molecule has 0 unspecified atom stereocenters. The van der Waals surface area contributed by atoms with E-state index in [0.29, 0.717) is 24.3 Å². The minimum Gasteiger partial charge on any atom is -0.469 e. The molecular weight excluding hydrogens is 238 g/mol. The fourth-order valence-corrected chi connectivity index (χ4v) is 2.44. The van der Waals surface area contributed by atoms with E-state index in [0.717, 1.165) is 31.4 Å². The van der Waals surface area contributed by atoms with Crippen molar-refractivity contribution in [2.45, 2.75) is 49.9 Å². The van der Waals surface area contributed by atoms with Gasteiger partial charge in [0.15, 0.2) is 0 Å². The average Bonchev–Trinajstić information content (AvgIpc) is 2.83. The van der Waals surface area contributed by atoms with Crippen molar-refractivity contribution >= 4 is 17.5 Å². The molecular formula is C13H18ClNO2. The van der Waals surface area contributed by atoms with Gasteiger partial charge in [-0.2, -0.15) is 0 Å². The quantitative estimate of drug-likeness (QED) is 0.841. The molecule has 1 amide bonds. The first-order valence-corrected chi connectivity index (χ1v) is 6.63. The van der Waals surface area contributed by atoms with E-state index in [-0.39, 0.29) is 5.91 Å². The maximum atomic E-state index is 11.7. The van der Waals surface area contributed by atoms with Crippen molar-refractivity contribution in [2.24, 2.45) is 0 Å². The monoisotopic (exact) mass is 255 g/mol. The number of aryl methyl sites for hydroxylation is 1. The summed E-state index contributed by atoms with van der Waals surface area (Å²) in [6.45, 7) is 0. The van der Waals surface area contributed by atoms with E-state index < -0.39 is 0 Å². The lowest BCUT2D eigenvalue weighted by Crippen LogP contribution is -2.37. The van der Waals surface area contributed by atoms with Crippen LogP contribution in [0.2, 0.25) is 0 Å². The number of carbonyl (C=O) groups is 1. The molecule has 3 nitrogen and oxygen atoms in total. The molecule has 0 saturated heterocycles. The van der Waals surface area contributed by atoms with Crippen LogP contribution in [0, 0.1) is 0 Å². The number of carbonyl (C=O) groups excluding carboxylic acids is 1. The number of hydrogen-bond acceptors (Lipinski definition) is 2. The van der Waals surface area contributed by atoms with Gasteiger partial charge >= 0.3 is 0 Å². The Labute approximate surface area is 107 Å². The molecule has 1 aromatic heterocycles. The first-order valence-electron chi connectivity index (χ1n) is 6.20. The minimum absolute atomic E-state index is 0.111. The maximum Gasteiger partial charge on any atom is 0.220 e. The van der Waals surface area contributed by atoms with Crippen LogP contribution in [0.25, 0.3) is 0 Å². The first kappa shape index (κ1) is 12.5. The molecule has 17 heavy (non-hydrogen) atoms. The lowest BCUT2D eigenvalue weighted by atomic mass is 9.95. The van der Waals surface area contributed by atoms with Crippen LogP contribution in [0.3, 0.4) is 0 Å². The van der Waals surface area contributed by atoms with Gasteiger partial charge in [0.05, 0.1) is 6.26 Å². The van der Waals surface area contributed by atoms with Crippen LogP contribution in [0.1, 0.15) is 37.9 Å². The van der Waals surface area contributed by atoms with Gasteiger partial charge in [-0.25, -0.2) is 0 Å². The Morgan fingerprint density at radius 3 is 2.82 bits per heavy atom. The highest BCUT2D eigenvalue weighted by molar-refractivity contribution is 6.20. The van der Waals surface area contributed by atoms with Gasteiger partial charge < -0.3 is 9.73 Å². The second-order valence-corrected chi connectivity index (χ2v) is 5.21. The van der Waals surface area contributed by atoms with Crippen LogP contribution in [-0.2, 0) is 11.2 Å². The Balaban J connectivity index is 1.67. The summed E-state index contributed by atoms with van der Waals surface area (Å²) in [6.07, 6.45) is 6.81. The second-order valence-electron chi connectivity index (χ2n) is 4.60. The number of rotatable bonds is 4. The van der Waals surface area contributed by atoms with Gasteiger partial charge in [0.2, 0.25) is 5.91 Å². The number of nitrogens with one attached hydrogen (secondary N) is 1. The van der Waals surface area contributed by atoms with Gasteiger partial charge in [-0.15, -0.1) is 11.6 Å². The van der Waals surface area contributed by atoms with Crippen LogP contribution in [0.5, 0.6) is 0 Å². The molecule has 0 bridgehead atoms. The molecule has 1 fully saturated rings. The smallest absolute Gasteiger partial charge is 0.220 e. The molecule has 1 N–H and O–H groups in total. The molecule has 0 aliphatic heterocycles. The highest BCUT2D eigenvalue weighted by Crippen LogP contribution is 2.22. The van der Waals surface area contributed by atoms with Crippen LogP contribution < -0.4 is 5.32 Å². The van der Waals surface area contributed by atoms with Crippen molar-refractivity contribution in [3.63, 3.8) is 0 Å². The number of hydrogen-bond donors (Lipinski definition) is 1. The van der Waals surface area contributed by atoms with E-state index in [1.165, 1.54) is 0 Å². The molecule has 1 aliphatic carbocycles. The van der Waals surface area contributed by atoms with E-state index in [1.54, 1.807) is 6.26 Å². The summed E-state index contributed by atoms with van der Waals surface area (Å²) in [4.78, 5) is 11.7. The van der Waals surface area contributed by atoms with Crippen LogP contribution >= 0.6 is 11.6 Å². The van der Waals surface area contributed by atoms with Crippen LogP contribution in [0.15, 0.2) is 22.8 Å². The van der Waals surface area contributed by atoms with Crippen molar-refractivity contribution < 1.29 is 9.21 Å². The molecule has 0 spiro atoms. The molecule has 0 atom stereocenters. The largest absolute Gasteiger partial charge is 0.469 e. The third-order valence-corrected chi connectivity index (χ3v) is 3.64. The minimum atomic E-state index is 0.111. The van der Waals surface area contributed by atoms with E-state index in [4.69, 9.17) is 16.0 Å². The van der Waals surface area contributed by atoms with Gasteiger partial charge in [-0.05, 0) is 37.8 Å². The first-order chi connectivity index (χ1) is 8.24. The Morgan fingerprint density at radius 1 is 1.41 bits per heavy atom. The summed E-state index contributed by atoms with van der Waals surface area (Å²) in [5.41, 5.74) is 0. The molecule has 94 valence electrons. The summed E-state index contributed by atoms with van der Waals surface area (Å²) < 4.78 is 5.19. The van der Waals surface area contributed by atoms with E-state index >= 15 is 0 Å². The zero-order valence-electron chi connectivity index (χ0n) is 9.82. The Kier molecular flexibility index (Phi) is 4.49. The molecule has 1 saturated carbocycles. The maximum absolute atomic E-state index is 11.7. The topological polar surface area (TPSA) is 42.2 Å². The molecule has 0 aromatic carbocycles. The standard InChI is InChI=1S/C13H18ClNO2/c14-10-3-5-11(6-4-10)15-13(16)8-7-12-2-1-9-17-12/h1-2,9-11H,3-8H2,(H,15,16). The van der Waals surface area contributed by atoms with E-state index in [1.807, 2.05) is 12.1 Å². The van der Waals surface area contributed by atoms with E-state index in [9.17, 15) is 4.79 Å². The molecule has 1 aromatic rings. The number of halogens is 1. The summed E-state index contributed by atoms with van der Waals surface area (Å²) in [5.74, 6) is 0.976.